The van der Waals surface area contributed by atoms with E-state index in [9.17, 15) is 14.9 Å². The van der Waals surface area contributed by atoms with Crippen molar-refractivity contribution >= 4 is 17.3 Å². The molecule has 0 aromatic heterocycles. The third kappa shape index (κ3) is 1.88. The van der Waals surface area contributed by atoms with E-state index in [1.54, 1.807) is 12.1 Å². The van der Waals surface area contributed by atoms with Crippen molar-refractivity contribution in [3.05, 3.63) is 69.8 Å². The fraction of sp³-hybridized carbons (Fsp3) is 0.235. The van der Waals surface area contributed by atoms with Gasteiger partial charge in [0.05, 0.1) is 16.4 Å². The first-order valence-corrected chi connectivity index (χ1v) is 7.51. The Bertz CT molecular complexity index is 803. The number of fused-ring (bicyclic) bond motifs is 2. The highest BCUT2D eigenvalue weighted by Gasteiger charge is 2.55. The second kappa shape index (κ2) is 4.89. The Morgan fingerprint density at radius 1 is 1.13 bits per heavy atom. The van der Waals surface area contributed by atoms with Crippen LogP contribution in [0.3, 0.4) is 0 Å². The van der Waals surface area contributed by atoms with Crippen LogP contribution in [0.25, 0.3) is 0 Å². The van der Waals surface area contributed by atoms with E-state index in [1.165, 1.54) is 12.1 Å². The van der Waals surface area contributed by atoms with E-state index in [2.05, 4.69) is 10.6 Å². The van der Waals surface area contributed by atoms with Crippen LogP contribution in [-0.2, 0) is 10.2 Å². The minimum atomic E-state index is -0.646. The Kier molecular flexibility index (Phi) is 2.96. The van der Waals surface area contributed by atoms with Gasteiger partial charge < -0.3 is 10.6 Å². The molecule has 2 heterocycles. The van der Waals surface area contributed by atoms with Gasteiger partial charge in [0.1, 0.15) is 0 Å². The molecule has 6 nitrogen and oxygen atoms in total. The molecule has 23 heavy (non-hydrogen) atoms. The van der Waals surface area contributed by atoms with Gasteiger partial charge in [0.25, 0.3) is 5.69 Å². The van der Waals surface area contributed by atoms with E-state index in [4.69, 9.17) is 0 Å². The predicted octanol–water partition coefficient (Wildman–Crippen LogP) is 2.52. The number of non-ortho nitro benzene ring substituents is 1. The number of amides is 1. The van der Waals surface area contributed by atoms with Gasteiger partial charge in [-0.3, -0.25) is 14.9 Å². The highest BCUT2D eigenvalue weighted by molar-refractivity contribution is 6.07. The molecule has 0 aliphatic carbocycles. The molecule has 1 amide bonds. The van der Waals surface area contributed by atoms with Gasteiger partial charge in [-0.1, -0.05) is 30.3 Å². The van der Waals surface area contributed by atoms with Crippen LogP contribution in [0.4, 0.5) is 11.4 Å². The zero-order chi connectivity index (χ0) is 16.0. The largest absolute Gasteiger partial charge is 0.325 e. The Morgan fingerprint density at radius 2 is 1.87 bits per heavy atom. The van der Waals surface area contributed by atoms with Crippen LogP contribution in [0.2, 0.25) is 0 Å². The summed E-state index contributed by atoms with van der Waals surface area (Å²) in [5.74, 6) is -0.00736. The molecular weight excluding hydrogens is 294 g/mol. The monoisotopic (exact) mass is 309 g/mol. The number of carbonyl (C=O) groups excluding carboxylic acids is 1. The lowest BCUT2D eigenvalue weighted by molar-refractivity contribution is -0.384. The maximum Gasteiger partial charge on any atom is 0.269 e. The van der Waals surface area contributed by atoms with Crippen molar-refractivity contribution in [1.29, 1.82) is 0 Å². The summed E-state index contributed by atoms with van der Waals surface area (Å²) in [5, 5.41) is 17.2. The summed E-state index contributed by atoms with van der Waals surface area (Å²) in [7, 11) is 0. The molecule has 2 N–H and O–H groups in total. The molecule has 0 bridgehead atoms. The molecule has 2 atom stereocenters. The van der Waals surface area contributed by atoms with Gasteiger partial charge in [0, 0.05) is 17.8 Å². The summed E-state index contributed by atoms with van der Waals surface area (Å²) >= 11 is 0. The highest BCUT2D eigenvalue weighted by Crippen LogP contribution is 2.50. The molecule has 1 spiro atoms. The van der Waals surface area contributed by atoms with Gasteiger partial charge in [0.15, 0.2) is 0 Å². The molecule has 1 saturated heterocycles. The number of hydrogen-bond donors (Lipinski definition) is 2. The zero-order valence-electron chi connectivity index (χ0n) is 12.3. The number of rotatable bonds is 2. The molecule has 0 saturated carbocycles. The number of para-hydroxylation sites is 1. The first-order chi connectivity index (χ1) is 11.1. The fourth-order valence-corrected chi connectivity index (χ4v) is 3.80. The van der Waals surface area contributed by atoms with Crippen LogP contribution < -0.4 is 10.6 Å². The Labute approximate surface area is 132 Å². The van der Waals surface area contributed by atoms with Gasteiger partial charge in [0.2, 0.25) is 5.91 Å². The summed E-state index contributed by atoms with van der Waals surface area (Å²) in [4.78, 5) is 23.2. The maximum absolute atomic E-state index is 12.8. The smallest absolute Gasteiger partial charge is 0.269 e. The average Bonchev–Trinajstić information content (AvgIpc) is 3.12. The van der Waals surface area contributed by atoms with E-state index in [0.29, 0.717) is 6.42 Å². The van der Waals surface area contributed by atoms with Crippen LogP contribution in [-0.4, -0.2) is 17.4 Å². The molecule has 2 aromatic carbocycles. The van der Waals surface area contributed by atoms with Crippen molar-refractivity contribution < 1.29 is 9.72 Å². The second-order valence-corrected chi connectivity index (χ2v) is 5.96. The summed E-state index contributed by atoms with van der Waals surface area (Å²) in [6.07, 6.45) is 0.706. The summed E-state index contributed by atoms with van der Waals surface area (Å²) < 4.78 is 0. The highest BCUT2D eigenvalue weighted by atomic mass is 16.6. The van der Waals surface area contributed by atoms with Gasteiger partial charge in [-0.2, -0.15) is 0 Å². The first kappa shape index (κ1) is 13.9. The number of hydrogen-bond acceptors (Lipinski definition) is 4. The predicted molar refractivity (Wildman–Crippen MR) is 85.2 cm³/mol. The molecule has 4 rings (SSSR count). The molecule has 2 aliphatic rings. The lowest BCUT2D eigenvalue weighted by atomic mass is 9.73. The summed E-state index contributed by atoms with van der Waals surface area (Å²) in [6, 6.07) is 14.0. The van der Waals surface area contributed by atoms with E-state index >= 15 is 0 Å². The van der Waals surface area contributed by atoms with Crippen molar-refractivity contribution in [2.24, 2.45) is 0 Å². The quantitative estimate of drug-likeness (QED) is 0.659. The van der Waals surface area contributed by atoms with Gasteiger partial charge in [-0.15, -0.1) is 0 Å². The van der Waals surface area contributed by atoms with Crippen molar-refractivity contribution in [3.63, 3.8) is 0 Å². The normalized spacial score (nSPS) is 25.4. The Hall–Kier alpha value is -2.73. The first-order valence-electron chi connectivity index (χ1n) is 7.51. The van der Waals surface area contributed by atoms with Crippen molar-refractivity contribution in [3.8, 4) is 0 Å². The number of nitro groups is 1. The van der Waals surface area contributed by atoms with Crippen molar-refractivity contribution in [2.45, 2.75) is 17.9 Å². The topological polar surface area (TPSA) is 84.3 Å². The van der Waals surface area contributed by atoms with Crippen LogP contribution >= 0.6 is 0 Å². The maximum atomic E-state index is 12.8. The molecule has 2 aliphatic heterocycles. The number of nitrogens with one attached hydrogen (secondary N) is 2. The number of benzene rings is 2. The van der Waals surface area contributed by atoms with E-state index in [0.717, 1.165) is 23.4 Å². The van der Waals surface area contributed by atoms with Crippen LogP contribution in [0.15, 0.2) is 48.5 Å². The minimum absolute atomic E-state index is 0.00736. The van der Waals surface area contributed by atoms with E-state index in [-0.39, 0.29) is 17.6 Å². The minimum Gasteiger partial charge on any atom is -0.325 e. The number of anilines is 1. The van der Waals surface area contributed by atoms with Gasteiger partial charge in [-0.05, 0) is 30.2 Å². The molecule has 2 aromatic rings. The Morgan fingerprint density at radius 3 is 2.61 bits per heavy atom. The standard InChI is InChI=1S/C17H15N3O3/c21-16-17(13-3-1-2-4-14(13)19-16)9-10-18-15(17)11-5-7-12(8-6-11)20(22)23/h1-8,15,18H,9-10H2,(H,19,21)/t15-,17-/m0/s1. The SMILES string of the molecule is O=C1Nc2ccccc2[C@]12CCN[C@H]2c1ccc([N+](=O)[O-])cc1. The second-order valence-electron chi connectivity index (χ2n) is 5.96. The van der Waals surface area contributed by atoms with Gasteiger partial charge in [-0.25, -0.2) is 0 Å². The number of nitrogens with zero attached hydrogens (tertiary/aromatic N) is 1. The Balaban J connectivity index is 1.80. The van der Waals surface area contributed by atoms with Crippen molar-refractivity contribution in [1.82, 2.24) is 5.32 Å². The van der Waals surface area contributed by atoms with Crippen LogP contribution in [0, 0.1) is 10.1 Å². The molecule has 0 unspecified atom stereocenters. The number of nitro benzene ring substituents is 1. The average molecular weight is 309 g/mol. The molecular formula is C17H15N3O3. The molecule has 0 radical (unpaired) electrons. The summed E-state index contributed by atoms with van der Waals surface area (Å²) in [5.41, 5.74) is 2.15. The van der Waals surface area contributed by atoms with Gasteiger partial charge >= 0.3 is 0 Å². The lowest BCUT2D eigenvalue weighted by Gasteiger charge is -2.29. The summed E-state index contributed by atoms with van der Waals surface area (Å²) in [6.45, 7) is 0.726. The van der Waals surface area contributed by atoms with E-state index in [1.807, 2.05) is 24.3 Å². The molecule has 6 heteroatoms. The van der Waals surface area contributed by atoms with E-state index < -0.39 is 10.3 Å². The third-order valence-corrected chi connectivity index (χ3v) is 4.86. The fourth-order valence-electron chi connectivity index (χ4n) is 3.80. The van der Waals surface area contributed by atoms with Crippen molar-refractivity contribution in [2.75, 3.05) is 11.9 Å². The lowest BCUT2D eigenvalue weighted by Crippen LogP contribution is -2.39. The zero-order valence-corrected chi connectivity index (χ0v) is 12.3. The van der Waals surface area contributed by atoms with Crippen LogP contribution in [0.1, 0.15) is 23.6 Å². The molecule has 116 valence electrons. The van der Waals surface area contributed by atoms with Crippen LogP contribution in [0.5, 0.6) is 0 Å². The molecule has 1 fully saturated rings. The third-order valence-electron chi connectivity index (χ3n) is 4.86. The number of carbonyl (C=O) groups is 1.